The maximum atomic E-state index is 3.89. The Morgan fingerprint density at radius 2 is 1.87 bits per heavy atom. The molecule has 0 saturated heterocycles. The topological polar surface area (TPSA) is 0 Å². The Bertz CT molecular complexity index is 479. The van der Waals surface area contributed by atoms with Crippen LogP contribution in [-0.2, 0) is 0 Å². The molecule has 1 rings (SSSR count). The number of aryl methyl sites for hydroxylation is 1. The lowest BCUT2D eigenvalue weighted by Crippen LogP contribution is -1.79. The van der Waals surface area contributed by atoms with Crippen molar-refractivity contribution >= 4 is 5.57 Å². The van der Waals surface area contributed by atoms with E-state index in [-0.39, 0.29) is 0 Å². The van der Waals surface area contributed by atoms with E-state index in [1.165, 1.54) is 11.6 Å². The van der Waals surface area contributed by atoms with E-state index in [2.05, 4.69) is 36.8 Å². The van der Waals surface area contributed by atoms with E-state index >= 15 is 0 Å². The van der Waals surface area contributed by atoms with Crippen molar-refractivity contribution in [3.63, 3.8) is 0 Å². The molecule has 0 unspecified atom stereocenters. The highest BCUT2D eigenvalue weighted by atomic mass is 14.0. The summed E-state index contributed by atoms with van der Waals surface area (Å²) in [4.78, 5) is 0. The van der Waals surface area contributed by atoms with E-state index in [9.17, 15) is 0 Å². The van der Waals surface area contributed by atoms with Crippen LogP contribution in [0.25, 0.3) is 5.57 Å². The lowest BCUT2D eigenvalue weighted by molar-refractivity contribution is 1.46. The SMILES string of the molecule is C=CC#CC#CC(=C)c1ccc(C)cc1. The summed E-state index contributed by atoms with van der Waals surface area (Å²) in [5, 5.41) is 0. The average Bonchev–Trinajstić information content (AvgIpc) is 2.25. The van der Waals surface area contributed by atoms with E-state index in [1.54, 1.807) is 0 Å². The van der Waals surface area contributed by atoms with Crippen molar-refractivity contribution in [2.24, 2.45) is 0 Å². The van der Waals surface area contributed by atoms with Crippen LogP contribution in [0.4, 0.5) is 0 Å². The van der Waals surface area contributed by atoms with Gasteiger partial charge in [-0.3, -0.25) is 0 Å². The van der Waals surface area contributed by atoms with Gasteiger partial charge in [0.05, 0.1) is 0 Å². The van der Waals surface area contributed by atoms with Crippen LogP contribution in [0.3, 0.4) is 0 Å². The zero-order chi connectivity index (χ0) is 11.1. The van der Waals surface area contributed by atoms with Crippen LogP contribution in [0.1, 0.15) is 11.1 Å². The van der Waals surface area contributed by atoms with Gasteiger partial charge in [-0.2, -0.15) is 0 Å². The van der Waals surface area contributed by atoms with E-state index in [0.29, 0.717) is 0 Å². The molecule has 1 aromatic rings. The van der Waals surface area contributed by atoms with Crippen molar-refractivity contribution in [1.82, 2.24) is 0 Å². The maximum Gasteiger partial charge on any atom is 0.0256 e. The van der Waals surface area contributed by atoms with E-state index < -0.39 is 0 Å². The Kier molecular flexibility index (Phi) is 4.02. The Balaban J connectivity index is 2.80. The molecule has 0 saturated carbocycles. The van der Waals surface area contributed by atoms with E-state index in [1.807, 2.05) is 31.2 Å². The highest BCUT2D eigenvalue weighted by Crippen LogP contribution is 2.11. The molecule has 0 spiro atoms. The molecule has 0 radical (unpaired) electrons. The Hall–Kier alpha value is -2.18. The molecule has 0 amide bonds. The van der Waals surface area contributed by atoms with Gasteiger partial charge in [0, 0.05) is 5.57 Å². The molecule has 0 N–H and O–H groups in total. The lowest BCUT2D eigenvalue weighted by atomic mass is 10.1. The molecule has 15 heavy (non-hydrogen) atoms. The summed E-state index contributed by atoms with van der Waals surface area (Å²) in [6, 6.07) is 8.09. The van der Waals surface area contributed by atoms with Gasteiger partial charge in [0.15, 0.2) is 0 Å². The quantitative estimate of drug-likeness (QED) is 0.599. The molecular formula is C15H12. The van der Waals surface area contributed by atoms with E-state index in [4.69, 9.17) is 0 Å². The largest absolute Gasteiger partial charge is 0.0906 e. The highest BCUT2D eigenvalue weighted by molar-refractivity contribution is 5.77. The fourth-order valence-corrected chi connectivity index (χ4v) is 1.02. The van der Waals surface area contributed by atoms with Gasteiger partial charge in [-0.15, -0.1) is 0 Å². The summed E-state index contributed by atoms with van der Waals surface area (Å²) in [5.74, 6) is 10.9. The van der Waals surface area contributed by atoms with Gasteiger partial charge in [0.2, 0.25) is 0 Å². The molecule has 0 aliphatic carbocycles. The first-order valence-corrected chi connectivity index (χ1v) is 4.62. The Morgan fingerprint density at radius 3 is 2.47 bits per heavy atom. The molecule has 0 nitrogen and oxygen atoms in total. The molecule has 1 aromatic carbocycles. The van der Waals surface area contributed by atoms with Gasteiger partial charge in [-0.25, -0.2) is 0 Å². The first-order valence-electron chi connectivity index (χ1n) is 4.62. The molecule has 72 valence electrons. The van der Waals surface area contributed by atoms with Crippen LogP contribution >= 0.6 is 0 Å². The fourth-order valence-electron chi connectivity index (χ4n) is 1.02. The predicted molar refractivity (Wildman–Crippen MR) is 66.0 cm³/mol. The molecule has 0 bridgehead atoms. The monoisotopic (exact) mass is 192 g/mol. The zero-order valence-electron chi connectivity index (χ0n) is 8.80. The summed E-state index contributed by atoms with van der Waals surface area (Å²) < 4.78 is 0. The fraction of sp³-hybridized carbons (Fsp3) is 0.0667. The van der Waals surface area contributed by atoms with Crippen molar-refractivity contribution in [3.05, 3.63) is 54.6 Å². The first kappa shape index (κ1) is 10.9. The minimum absolute atomic E-state index is 0.786. The lowest BCUT2D eigenvalue weighted by Gasteiger charge is -1.97. The van der Waals surface area contributed by atoms with Crippen molar-refractivity contribution in [2.45, 2.75) is 6.92 Å². The van der Waals surface area contributed by atoms with Gasteiger partial charge in [-0.1, -0.05) is 54.8 Å². The second-order valence-corrected chi connectivity index (χ2v) is 3.07. The Morgan fingerprint density at radius 1 is 1.20 bits per heavy atom. The third-order valence-corrected chi connectivity index (χ3v) is 1.85. The molecule has 0 fully saturated rings. The smallest absolute Gasteiger partial charge is 0.0256 e. The molecule has 0 heteroatoms. The second-order valence-electron chi connectivity index (χ2n) is 3.07. The summed E-state index contributed by atoms with van der Waals surface area (Å²) in [7, 11) is 0. The number of benzene rings is 1. The summed E-state index contributed by atoms with van der Waals surface area (Å²) in [5.41, 5.74) is 3.05. The molecule has 0 atom stereocenters. The maximum absolute atomic E-state index is 3.89. The molecule has 0 aromatic heterocycles. The normalized spacial score (nSPS) is 7.80. The molecule has 0 heterocycles. The molecule has 0 aliphatic rings. The first-order chi connectivity index (χ1) is 7.24. The summed E-state index contributed by atoms with van der Waals surface area (Å²) in [6.45, 7) is 9.42. The van der Waals surface area contributed by atoms with Crippen LogP contribution in [-0.4, -0.2) is 0 Å². The minimum Gasteiger partial charge on any atom is -0.0906 e. The average molecular weight is 192 g/mol. The molecule has 0 aliphatic heterocycles. The van der Waals surface area contributed by atoms with Gasteiger partial charge in [0.1, 0.15) is 0 Å². The number of hydrogen-bond acceptors (Lipinski definition) is 0. The van der Waals surface area contributed by atoms with Crippen LogP contribution in [0.5, 0.6) is 0 Å². The van der Waals surface area contributed by atoms with E-state index in [0.717, 1.165) is 11.1 Å². The van der Waals surface area contributed by atoms with Crippen LogP contribution in [0, 0.1) is 30.6 Å². The van der Waals surface area contributed by atoms with Crippen molar-refractivity contribution in [1.29, 1.82) is 0 Å². The summed E-state index contributed by atoms with van der Waals surface area (Å²) >= 11 is 0. The van der Waals surface area contributed by atoms with Gasteiger partial charge in [0.25, 0.3) is 0 Å². The number of hydrogen-bond donors (Lipinski definition) is 0. The standard InChI is InChI=1S/C15H12/c1-4-5-6-7-8-14(3)15-11-9-13(2)10-12-15/h4,9-12H,1,3H2,2H3. The second kappa shape index (κ2) is 5.53. The van der Waals surface area contributed by atoms with Gasteiger partial charge in [-0.05, 0) is 30.4 Å². The third-order valence-electron chi connectivity index (χ3n) is 1.85. The zero-order valence-corrected chi connectivity index (χ0v) is 8.80. The van der Waals surface area contributed by atoms with Gasteiger partial charge >= 0.3 is 0 Å². The Labute approximate surface area is 91.3 Å². The number of allylic oxidation sites excluding steroid dienone is 2. The van der Waals surface area contributed by atoms with Crippen LogP contribution in [0.15, 0.2) is 43.5 Å². The summed E-state index contributed by atoms with van der Waals surface area (Å²) in [6.07, 6.45) is 1.52. The third kappa shape index (κ3) is 3.59. The van der Waals surface area contributed by atoms with Crippen molar-refractivity contribution < 1.29 is 0 Å². The van der Waals surface area contributed by atoms with Crippen LogP contribution in [0.2, 0.25) is 0 Å². The van der Waals surface area contributed by atoms with Crippen molar-refractivity contribution in [2.75, 3.05) is 0 Å². The number of rotatable bonds is 1. The van der Waals surface area contributed by atoms with Crippen LogP contribution < -0.4 is 0 Å². The molecular weight excluding hydrogens is 180 g/mol. The van der Waals surface area contributed by atoms with Gasteiger partial charge < -0.3 is 0 Å². The van der Waals surface area contributed by atoms with Crippen molar-refractivity contribution in [3.8, 4) is 23.7 Å². The predicted octanol–water partition coefficient (Wildman–Crippen LogP) is 3.20. The minimum atomic E-state index is 0.786. The highest BCUT2D eigenvalue weighted by Gasteiger charge is 1.93.